The number of carbonyl (C=O) groups is 1. The molecule has 0 saturated heterocycles. The monoisotopic (exact) mass is 153 g/mol. The van der Waals surface area contributed by atoms with Gasteiger partial charge in [-0.25, -0.2) is 0 Å². The summed E-state index contributed by atoms with van der Waals surface area (Å²) in [7, 11) is 0. The maximum atomic E-state index is 10.6. The van der Waals surface area contributed by atoms with Crippen LogP contribution < -0.4 is 0 Å². The van der Waals surface area contributed by atoms with Crippen LogP contribution in [0.1, 0.15) is 26.7 Å². The van der Waals surface area contributed by atoms with Crippen molar-refractivity contribution in [1.82, 2.24) is 0 Å². The number of nitriles is 1. The number of hydrogen-bond acceptors (Lipinski definition) is 3. The van der Waals surface area contributed by atoms with Gasteiger partial charge < -0.3 is 4.74 Å². The fraction of sp³-hybridized carbons (Fsp3) is 0.750. The molecule has 0 aromatic rings. The third kappa shape index (κ3) is 1.70. The molecule has 0 radical (unpaired) electrons. The third-order valence-electron chi connectivity index (χ3n) is 1.93. The van der Waals surface area contributed by atoms with Crippen LogP contribution in [0.25, 0.3) is 0 Å². The second kappa shape index (κ2) is 2.54. The van der Waals surface area contributed by atoms with Gasteiger partial charge in [0.1, 0.15) is 6.07 Å². The summed E-state index contributed by atoms with van der Waals surface area (Å²) < 4.78 is 4.91. The lowest BCUT2D eigenvalue weighted by molar-refractivity contribution is -0.151. The van der Waals surface area contributed by atoms with E-state index in [1.165, 1.54) is 6.92 Å². The lowest BCUT2D eigenvalue weighted by Crippen LogP contribution is -2.31. The predicted molar refractivity (Wildman–Crippen MR) is 38.5 cm³/mol. The molecule has 0 bridgehead atoms. The van der Waals surface area contributed by atoms with Gasteiger partial charge in [-0.2, -0.15) is 5.26 Å². The summed E-state index contributed by atoms with van der Waals surface area (Å²) in [5.74, 6) is -0.114. The highest BCUT2D eigenvalue weighted by atomic mass is 16.6. The van der Waals surface area contributed by atoms with E-state index in [0.717, 1.165) is 12.8 Å². The Morgan fingerprint density at radius 1 is 1.73 bits per heavy atom. The van der Waals surface area contributed by atoms with Crippen LogP contribution >= 0.6 is 0 Å². The number of esters is 1. The van der Waals surface area contributed by atoms with Gasteiger partial charge in [0.25, 0.3) is 0 Å². The van der Waals surface area contributed by atoms with Gasteiger partial charge in [-0.05, 0) is 19.8 Å². The molecule has 1 aliphatic rings. The summed E-state index contributed by atoms with van der Waals surface area (Å²) in [5.41, 5.74) is -0.869. The highest BCUT2D eigenvalue weighted by Crippen LogP contribution is 2.41. The summed E-state index contributed by atoms with van der Waals surface area (Å²) in [6.45, 7) is 3.00. The van der Waals surface area contributed by atoms with Crippen molar-refractivity contribution in [1.29, 1.82) is 5.26 Å². The minimum Gasteiger partial charge on any atom is -0.444 e. The minimum absolute atomic E-state index is 0.261. The molecule has 1 aliphatic carbocycles. The van der Waals surface area contributed by atoms with Crippen LogP contribution in [-0.4, -0.2) is 11.6 Å². The number of ether oxygens (including phenoxy) is 1. The van der Waals surface area contributed by atoms with E-state index < -0.39 is 5.60 Å². The number of nitrogens with zero attached hydrogens (tertiary/aromatic N) is 1. The second-order valence-corrected chi connectivity index (χ2v) is 3.09. The highest BCUT2D eigenvalue weighted by Gasteiger charge is 2.44. The fourth-order valence-electron chi connectivity index (χ4n) is 1.13. The van der Waals surface area contributed by atoms with Crippen molar-refractivity contribution in [3.63, 3.8) is 0 Å². The molecule has 0 N–H and O–H groups in total. The van der Waals surface area contributed by atoms with E-state index in [0.29, 0.717) is 0 Å². The van der Waals surface area contributed by atoms with Gasteiger partial charge in [0.15, 0.2) is 5.60 Å². The SMILES string of the molecule is CC(=O)O[C@@](C)(C#N)C1CC1. The quantitative estimate of drug-likeness (QED) is 0.561. The second-order valence-electron chi connectivity index (χ2n) is 3.09. The van der Waals surface area contributed by atoms with E-state index in [1.54, 1.807) is 6.92 Å². The number of hydrogen-bond donors (Lipinski definition) is 0. The molecule has 0 unspecified atom stereocenters. The number of carbonyl (C=O) groups excluding carboxylic acids is 1. The number of rotatable bonds is 2. The Labute approximate surface area is 66.0 Å². The van der Waals surface area contributed by atoms with Crippen molar-refractivity contribution in [2.24, 2.45) is 5.92 Å². The maximum Gasteiger partial charge on any atom is 0.304 e. The maximum absolute atomic E-state index is 10.6. The van der Waals surface area contributed by atoms with Crippen molar-refractivity contribution in [3.05, 3.63) is 0 Å². The van der Waals surface area contributed by atoms with Crippen molar-refractivity contribution in [3.8, 4) is 6.07 Å². The van der Waals surface area contributed by atoms with E-state index in [4.69, 9.17) is 10.00 Å². The van der Waals surface area contributed by atoms with E-state index in [9.17, 15) is 4.79 Å². The molecule has 0 aromatic carbocycles. The van der Waals surface area contributed by atoms with Gasteiger partial charge in [-0.3, -0.25) is 4.79 Å². The van der Waals surface area contributed by atoms with E-state index in [-0.39, 0.29) is 11.9 Å². The minimum atomic E-state index is -0.869. The Morgan fingerprint density at radius 3 is 2.55 bits per heavy atom. The molecule has 3 nitrogen and oxygen atoms in total. The van der Waals surface area contributed by atoms with Crippen LogP contribution in [-0.2, 0) is 9.53 Å². The summed E-state index contributed by atoms with van der Waals surface area (Å²) in [5, 5.41) is 8.72. The normalized spacial score (nSPS) is 21.5. The van der Waals surface area contributed by atoms with Gasteiger partial charge >= 0.3 is 5.97 Å². The van der Waals surface area contributed by atoms with E-state index in [1.807, 2.05) is 6.07 Å². The Balaban J connectivity index is 2.60. The largest absolute Gasteiger partial charge is 0.444 e. The molecule has 1 fully saturated rings. The van der Waals surface area contributed by atoms with Crippen LogP contribution in [0.5, 0.6) is 0 Å². The van der Waals surface area contributed by atoms with Crippen LogP contribution in [0.2, 0.25) is 0 Å². The molecule has 1 saturated carbocycles. The molecule has 0 aliphatic heterocycles. The van der Waals surface area contributed by atoms with Gasteiger partial charge in [0.05, 0.1) is 0 Å². The zero-order chi connectivity index (χ0) is 8.48. The Morgan fingerprint density at radius 2 is 2.27 bits per heavy atom. The average molecular weight is 153 g/mol. The molecule has 1 rings (SSSR count). The van der Waals surface area contributed by atoms with E-state index >= 15 is 0 Å². The Kier molecular flexibility index (Phi) is 1.86. The molecule has 0 amide bonds. The molecule has 3 heteroatoms. The summed E-state index contributed by atoms with van der Waals surface area (Å²) in [6.07, 6.45) is 1.99. The zero-order valence-corrected chi connectivity index (χ0v) is 6.76. The van der Waals surface area contributed by atoms with Crippen LogP contribution in [0.15, 0.2) is 0 Å². The molecule has 0 aromatic heterocycles. The zero-order valence-electron chi connectivity index (χ0n) is 6.76. The molecule has 11 heavy (non-hydrogen) atoms. The lowest BCUT2D eigenvalue weighted by Gasteiger charge is -2.20. The third-order valence-corrected chi connectivity index (χ3v) is 1.93. The standard InChI is InChI=1S/C8H11NO2/c1-6(10)11-8(2,5-9)7-3-4-7/h7H,3-4H2,1-2H3/t8-/m0/s1. The van der Waals surface area contributed by atoms with Gasteiger partial charge in [-0.1, -0.05) is 0 Å². The molecule has 60 valence electrons. The average Bonchev–Trinajstić information content (AvgIpc) is 2.66. The van der Waals surface area contributed by atoms with E-state index in [2.05, 4.69) is 0 Å². The summed E-state index contributed by atoms with van der Waals surface area (Å²) >= 11 is 0. The molecular formula is C8H11NO2. The van der Waals surface area contributed by atoms with Crippen LogP contribution in [0.3, 0.4) is 0 Å². The summed E-state index contributed by atoms with van der Waals surface area (Å²) in [6, 6.07) is 2.03. The molecular weight excluding hydrogens is 142 g/mol. The van der Waals surface area contributed by atoms with Gasteiger partial charge in [0, 0.05) is 12.8 Å². The van der Waals surface area contributed by atoms with Gasteiger partial charge in [0.2, 0.25) is 0 Å². The van der Waals surface area contributed by atoms with Crippen molar-refractivity contribution < 1.29 is 9.53 Å². The highest BCUT2D eigenvalue weighted by molar-refractivity contribution is 5.67. The topological polar surface area (TPSA) is 50.1 Å². The Bertz CT molecular complexity index is 215. The lowest BCUT2D eigenvalue weighted by atomic mass is 10.0. The van der Waals surface area contributed by atoms with Crippen molar-refractivity contribution in [2.45, 2.75) is 32.3 Å². The van der Waals surface area contributed by atoms with Crippen molar-refractivity contribution in [2.75, 3.05) is 0 Å². The molecule has 1 atom stereocenters. The molecule has 0 spiro atoms. The van der Waals surface area contributed by atoms with Crippen LogP contribution in [0, 0.1) is 17.2 Å². The molecule has 0 heterocycles. The van der Waals surface area contributed by atoms with Gasteiger partial charge in [-0.15, -0.1) is 0 Å². The first-order chi connectivity index (χ1) is 5.08. The summed E-state index contributed by atoms with van der Waals surface area (Å²) in [4.78, 5) is 10.6. The Hall–Kier alpha value is -1.04. The first-order valence-electron chi connectivity index (χ1n) is 3.69. The fourth-order valence-corrected chi connectivity index (χ4v) is 1.13. The first-order valence-corrected chi connectivity index (χ1v) is 3.69. The van der Waals surface area contributed by atoms with Crippen molar-refractivity contribution >= 4 is 5.97 Å². The smallest absolute Gasteiger partial charge is 0.304 e. The predicted octanol–water partition coefficient (Wildman–Crippen LogP) is 1.24. The first kappa shape index (κ1) is 8.06. The van der Waals surface area contributed by atoms with Crippen LogP contribution in [0.4, 0.5) is 0 Å².